The van der Waals surface area contributed by atoms with Crippen molar-refractivity contribution in [2.75, 3.05) is 0 Å². The molecule has 0 aliphatic heterocycles. The monoisotopic (exact) mass is 228 g/mol. The van der Waals surface area contributed by atoms with E-state index in [1.165, 1.54) is 0 Å². The van der Waals surface area contributed by atoms with E-state index in [1.807, 2.05) is 0 Å². The summed E-state index contributed by atoms with van der Waals surface area (Å²) in [5.41, 5.74) is 0.111. The molecule has 0 atom stereocenters. The summed E-state index contributed by atoms with van der Waals surface area (Å²) in [6.45, 7) is 2.97. The van der Waals surface area contributed by atoms with Crippen LogP contribution in [0.15, 0.2) is 18.2 Å². The smallest absolute Gasteiger partial charge is 0.313 e. The minimum Gasteiger partial charge on any atom is -0.481 e. The van der Waals surface area contributed by atoms with E-state index in [4.69, 9.17) is 21.8 Å². The number of hydrogen-bond donors (Lipinski definition) is 2. The lowest BCUT2D eigenvalue weighted by atomic mass is 9.82. The van der Waals surface area contributed by atoms with Crippen LogP contribution in [0, 0.1) is 0 Å². The first kappa shape index (κ1) is 12.0. The van der Waals surface area contributed by atoms with Crippen LogP contribution in [0.3, 0.4) is 0 Å². The van der Waals surface area contributed by atoms with E-state index in [9.17, 15) is 4.79 Å². The van der Waals surface area contributed by atoms with Gasteiger partial charge in [-0.15, -0.1) is 0 Å². The molecule has 0 saturated carbocycles. The lowest BCUT2D eigenvalue weighted by Gasteiger charge is -2.22. The lowest BCUT2D eigenvalue weighted by molar-refractivity contribution is -0.142. The third-order valence-corrected chi connectivity index (χ3v) is 2.68. The molecule has 1 aromatic carbocycles. The maximum atomic E-state index is 11.1. The molecule has 15 heavy (non-hydrogen) atoms. The number of carboxylic acid groups (broad SMARTS) is 1. The maximum absolute atomic E-state index is 11.1. The van der Waals surface area contributed by atoms with Crippen molar-refractivity contribution in [1.82, 2.24) is 0 Å². The minimum absolute atomic E-state index is 0.216. The fraction of sp³-hybridized carbons (Fsp3) is 0.364. The largest absolute Gasteiger partial charge is 0.481 e. The van der Waals surface area contributed by atoms with E-state index >= 15 is 0 Å². The van der Waals surface area contributed by atoms with Gasteiger partial charge in [0.2, 0.25) is 0 Å². The number of aliphatic carboxylic acids is 1. The number of aliphatic hydroxyl groups is 1. The van der Waals surface area contributed by atoms with Gasteiger partial charge in [-0.25, -0.2) is 0 Å². The summed E-state index contributed by atoms with van der Waals surface area (Å²) < 4.78 is 0. The van der Waals surface area contributed by atoms with Gasteiger partial charge in [0.1, 0.15) is 0 Å². The zero-order chi connectivity index (χ0) is 11.6. The predicted octanol–water partition coefficient (Wildman–Crippen LogP) is 2.19. The van der Waals surface area contributed by atoms with E-state index < -0.39 is 11.4 Å². The number of aliphatic hydroxyl groups excluding tert-OH is 1. The average Bonchev–Trinajstić information content (AvgIpc) is 2.16. The Hall–Kier alpha value is -1.06. The van der Waals surface area contributed by atoms with Crippen LogP contribution >= 0.6 is 11.6 Å². The molecule has 82 valence electrons. The second kappa shape index (κ2) is 4.21. The first-order valence-electron chi connectivity index (χ1n) is 4.52. The summed E-state index contributed by atoms with van der Waals surface area (Å²) in [4.78, 5) is 11.1. The van der Waals surface area contributed by atoms with Crippen molar-refractivity contribution in [1.29, 1.82) is 0 Å². The van der Waals surface area contributed by atoms with Gasteiger partial charge >= 0.3 is 5.97 Å². The number of halogens is 1. The standard InChI is InChI=1S/C11H13ClO3/c1-11(2,10(14)15)9-4-3-8(12)5-7(9)6-13/h3-5,13H,6H2,1-2H3,(H,14,15). The van der Waals surface area contributed by atoms with Gasteiger partial charge in [-0.3, -0.25) is 4.79 Å². The Labute approximate surface area is 93.3 Å². The second-order valence-corrected chi connectivity index (χ2v) is 4.33. The van der Waals surface area contributed by atoms with Gasteiger partial charge in [-0.05, 0) is 37.1 Å². The molecule has 0 bridgehead atoms. The Bertz CT molecular complexity index is 385. The zero-order valence-electron chi connectivity index (χ0n) is 8.62. The van der Waals surface area contributed by atoms with Gasteiger partial charge in [0.15, 0.2) is 0 Å². The van der Waals surface area contributed by atoms with Gasteiger partial charge in [0, 0.05) is 5.02 Å². The molecule has 4 heteroatoms. The van der Waals surface area contributed by atoms with Crippen molar-refractivity contribution in [2.45, 2.75) is 25.9 Å². The SMILES string of the molecule is CC(C)(C(=O)O)c1ccc(Cl)cc1CO. The van der Waals surface area contributed by atoms with Crippen LogP contribution in [0.5, 0.6) is 0 Å². The van der Waals surface area contributed by atoms with Crippen molar-refractivity contribution in [3.05, 3.63) is 34.3 Å². The Kier molecular flexibility index (Phi) is 3.37. The van der Waals surface area contributed by atoms with Gasteiger partial charge < -0.3 is 10.2 Å². The Morgan fingerprint density at radius 1 is 1.47 bits per heavy atom. The Balaban J connectivity index is 3.31. The normalized spacial score (nSPS) is 11.5. The predicted molar refractivity (Wildman–Crippen MR) is 58.0 cm³/mol. The molecule has 0 unspecified atom stereocenters. The fourth-order valence-corrected chi connectivity index (χ4v) is 1.61. The van der Waals surface area contributed by atoms with Gasteiger partial charge in [0.05, 0.1) is 12.0 Å². The second-order valence-electron chi connectivity index (χ2n) is 3.89. The number of rotatable bonds is 3. The molecule has 2 N–H and O–H groups in total. The molecular weight excluding hydrogens is 216 g/mol. The molecule has 0 aliphatic rings. The highest BCUT2D eigenvalue weighted by Crippen LogP contribution is 2.28. The van der Waals surface area contributed by atoms with Crippen LogP contribution in [-0.4, -0.2) is 16.2 Å². The summed E-state index contributed by atoms with van der Waals surface area (Å²) in [7, 11) is 0. The van der Waals surface area contributed by atoms with Crippen molar-refractivity contribution in [2.24, 2.45) is 0 Å². The van der Waals surface area contributed by atoms with Crippen LogP contribution in [0.2, 0.25) is 5.02 Å². The van der Waals surface area contributed by atoms with Crippen molar-refractivity contribution < 1.29 is 15.0 Å². The highest BCUT2D eigenvalue weighted by atomic mass is 35.5. The molecule has 0 spiro atoms. The minimum atomic E-state index is -1.03. The summed E-state index contributed by atoms with van der Waals surface area (Å²) in [6, 6.07) is 4.85. The quantitative estimate of drug-likeness (QED) is 0.834. The van der Waals surface area contributed by atoms with Crippen LogP contribution < -0.4 is 0 Å². The fourth-order valence-electron chi connectivity index (χ4n) is 1.42. The van der Waals surface area contributed by atoms with E-state index in [1.54, 1.807) is 32.0 Å². The molecule has 1 aromatic rings. The van der Waals surface area contributed by atoms with Gasteiger partial charge in [-0.1, -0.05) is 17.7 Å². The van der Waals surface area contributed by atoms with E-state index in [0.717, 1.165) is 0 Å². The van der Waals surface area contributed by atoms with Crippen molar-refractivity contribution in [3.63, 3.8) is 0 Å². The first-order chi connectivity index (χ1) is 6.89. The lowest BCUT2D eigenvalue weighted by Crippen LogP contribution is -2.29. The third kappa shape index (κ3) is 2.30. The first-order valence-corrected chi connectivity index (χ1v) is 4.90. The number of hydrogen-bond acceptors (Lipinski definition) is 2. The Morgan fingerprint density at radius 3 is 2.53 bits per heavy atom. The van der Waals surface area contributed by atoms with E-state index in [0.29, 0.717) is 16.1 Å². The van der Waals surface area contributed by atoms with Crippen molar-refractivity contribution in [3.8, 4) is 0 Å². The zero-order valence-corrected chi connectivity index (χ0v) is 9.38. The molecule has 0 fully saturated rings. The molecule has 0 radical (unpaired) electrons. The molecule has 0 amide bonds. The highest BCUT2D eigenvalue weighted by Gasteiger charge is 2.31. The molecule has 0 saturated heterocycles. The molecular formula is C11H13ClO3. The number of carbonyl (C=O) groups is 1. The van der Waals surface area contributed by atoms with Gasteiger partial charge in [0.25, 0.3) is 0 Å². The van der Waals surface area contributed by atoms with Crippen LogP contribution in [0.1, 0.15) is 25.0 Å². The van der Waals surface area contributed by atoms with Gasteiger partial charge in [-0.2, -0.15) is 0 Å². The third-order valence-electron chi connectivity index (χ3n) is 2.45. The van der Waals surface area contributed by atoms with Crippen LogP contribution in [-0.2, 0) is 16.8 Å². The summed E-state index contributed by atoms with van der Waals surface area (Å²) in [6.07, 6.45) is 0. The molecule has 0 heterocycles. The van der Waals surface area contributed by atoms with Crippen molar-refractivity contribution >= 4 is 17.6 Å². The molecule has 3 nitrogen and oxygen atoms in total. The molecule has 1 rings (SSSR count). The molecule has 0 aliphatic carbocycles. The van der Waals surface area contributed by atoms with E-state index in [2.05, 4.69) is 0 Å². The number of carboxylic acids is 1. The summed E-state index contributed by atoms with van der Waals surface area (Å²) in [5, 5.41) is 18.7. The highest BCUT2D eigenvalue weighted by molar-refractivity contribution is 6.30. The molecule has 0 aromatic heterocycles. The average molecular weight is 229 g/mol. The topological polar surface area (TPSA) is 57.5 Å². The Morgan fingerprint density at radius 2 is 2.07 bits per heavy atom. The maximum Gasteiger partial charge on any atom is 0.313 e. The summed E-state index contributed by atoms with van der Waals surface area (Å²) in [5.74, 6) is -0.931. The van der Waals surface area contributed by atoms with E-state index in [-0.39, 0.29) is 6.61 Å². The number of benzene rings is 1. The van der Waals surface area contributed by atoms with Crippen LogP contribution in [0.4, 0.5) is 0 Å². The summed E-state index contributed by atoms with van der Waals surface area (Å²) >= 11 is 5.77. The van der Waals surface area contributed by atoms with Crippen LogP contribution in [0.25, 0.3) is 0 Å².